The molecule has 0 aliphatic heterocycles. The fourth-order valence-corrected chi connectivity index (χ4v) is 5.84. The summed E-state index contributed by atoms with van der Waals surface area (Å²) in [4.78, 5) is 22.5. The van der Waals surface area contributed by atoms with Gasteiger partial charge in [0, 0.05) is 13.0 Å². The van der Waals surface area contributed by atoms with Gasteiger partial charge in [0.2, 0.25) is 5.91 Å². The lowest BCUT2D eigenvalue weighted by atomic mass is 10.1. The van der Waals surface area contributed by atoms with E-state index in [2.05, 4.69) is 43.5 Å². The van der Waals surface area contributed by atoms with Crippen LogP contribution in [0.3, 0.4) is 0 Å². The Morgan fingerprint density at radius 2 is 1.15 bits per heavy atom. The number of nitrogens with two attached hydrogens (primary N) is 1. The monoisotopic (exact) mass is 671 g/mol. The molecule has 1 amide bonds. The number of unbranched alkanes of at least 4 members (excludes halogenated alkanes) is 18. The zero-order valence-electron chi connectivity index (χ0n) is 29.6. The van der Waals surface area contributed by atoms with Crippen LogP contribution in [0.4, 0.5) is 0 Å². The van der Waals surface area contributed by atoms with E-state index < -0.39 is 20.0 Å². The molecule has 3 atom stereocenters. The number of allylic oxidation sites excluding steroid dienone is 5. The number of phosphoric ester groups is 1. The van der Waals surface area contributed by atoms with Crippen LogP contribution in [-0.2, 0) is 18.4 Å². The van der Waals surface area contributed by atoms with Gasteiger partial charge >= 0.3 is 7.82 Å². The first-order valence-corrected chi connectivity index (χ1v) is 20.1. The normalized spacial score (nSPS) is 14.8. The number of hydrogen-bond acceptors (Lipinski definition) is 6. The highest BCUT2D eigenvalue weighted by molar-refractivity contribution is 7.47. The van der Waals surface area contributed by atoms with Crippen molar-refractivity contribution in [1.29, 1.82) is 0 Å². The van der Waals surface area contributed by atoms with E-state index in [1.165, 1.54) is 89.9 Å². The maximum atomic E-state index is 12.7. The molecule has 5 N–H and O–H groups in total. The minimum absolute atomic E-state index is 0.0722. The van der Waals surface area contributed by atoms with Crippen LogP contribution in [0.1, 0.15) is 162 Å². The number of aliphatic hydroxyl groups excluding tert-OH is 1. The van der Waals surface area contributed by atoms with Gasteiger partial charge in [-0.05, 0) is 57.8 Å². The van der Waals surface area contributed by atoms with Crippen LogP contribution in [0.5, 0.6) is 0 Å². The number of aliphatic hydroxyl groups is 1. The molecule has 0 bridgehead atoms. The summed E-state index contributed by atoms with van der Waals surface area (Å²) in [5.74, 6) is -0.216. The third kappa shape index (κ3) is 31.3. The van der Waals surface area contributed by atoms with Crippen molar-refractivity contribution in [3.05, 3.63) is 36.5 Å². The first-order chi connectivity index (χ1) is 22.4. The Balaban J connectivity index is 4.35. The Kier molecular flexibility index (Phi) is 32.7. The predicted molar refractivity (Wildman–Crippen MR) is 194 cm³/mol. The van der Waals surface area contributed by atoms with Crippen LogP contribution in [0, 0.1) is 0 Å². The van der Waals surface area contributed by atoms with Crippen LogP contribution < -0.4 is 11.1 Å². The Hall–Kier alpha value is -1.28. The minimum Gasteiger partial charge on any atom is -0.387 e. The van der Waals surface area contributed by atoms with Crippen molar-refractivity contribution in [1.82, 2.24) is 5.32 Å². The van der Waals surface area contributed by atoms with Gasteiger partial charge in [-0.15, -0.1) is 0 Å². The molecule has 0 radical (unpaired) electrons. The third-order valence-corrected chi connectivity index (χ3v) is 8.92. The Morgan fingerprint density at radius 1 is 0.696 bits per heavy atom. The summed E-state index contributed by atoms with van der Waals surface area (Å²) in [7, 11) is -4.34. The van der Waals surface area contributed by atoms with Crippen molar-refractivity contribution < 1.29 is 28.4 Å². The SMILES string of the molecule is CCCCCCC/C=C/CC/C=C/C(O)C(COP(=O)(O)OCCN)NC(=O)CCCCCCC/C=C\CCCCCCCCC. The molecule has 0 saturated carbocycles. The van der Waals surface area contributed by atoms with E-state index >= 15 is 0 Å². The molecule has 0 rings (SSSR count). The van der Waals surface area contributed by atoms with E-state index in [1.807, 2.05) is 6.08 Å². The van der Waals surface area contributed by atoms with E-state index in [-0.39, 0.29) is 25.7 Å². The number of rotatable bonds is 34. The van der Waals surface area contributed by atoms with Gasteiger partial charge in [-0.2, -0.15) is 0 Å². The molecule has 270 valence electrons. The highest BCUT2D eigenvalue weighted by Gasteiger charge is 2.26. The summed E-state index contributed by atoms with van der Waals surface area (Å²) in [5.41, 5.74) is 5.34. The van der Waals surface area contributed by atoms with E-state index in [9.17, 15) is 19.4 Å². The number of amides is 1. The molecule has 0 saturated heterocycles. The van der Waals surface area contributed by atoms with Crippen LogP contribution in [0.2, 0.25) is 0 Å². The second-order valence-electron chi connectivity index (χ2n) is 12.4. The fourth-order valence-electron chi connectivity index (χ4n) is 5.08. The van der Waals surface area contributed by atoms with Gasteiger partial charge < -0.3 is 21.1 Å². The van der Waals surface area contributed by atoms with Gasteiger partial charge in [0.15, 0.2) is 0 Å². The molecule has 8 nitrogen and oxygen atoms in total. The van der Waals surface area contributed by atoms with Crippen molar-refractivity contribution in [2.75, 3.05) is 19.8 Å². The lowest BCUT2D eigenvalue weighted by molar-refractivity contribution is -0.123. The molecule has 3 unspecified atom stereocenters. The van der Waals surface area contributed by atoms with Crippen molar-refractivity contribution in [3.8, 4) is 0 Å². The summed E-state index contributed by atoms with van der Waals surface area (Å²) in [6.45, 7) is 4.06. The number of carbonyl (C=O) groups is 1. The van der Waals surface area contributed by atoms with Crippen LogP contribution in [-0.4, -0.2) is 47.8 Å². The second-order valence-corrected chi connectivity index (χ2v) is 13.9. The van der Waals surface area contributed by atoms with Gasteiger partial charge in [0.25, 0.3) is 0 Å². The topological polar surface area (TPSA) is 131 Å². The highest BCUT2D eigenvalue weighted by Crippen LogP contribution is 2.43. The molecular formula is C37H71N2O6P. The number of carbonyl (C=O) groups excluding carboxylic acids is 1. The average molecular weight is 671 g/mol. The standard InChI is InChI=1S/C37H71N2O6P/c1-3-5-7-9-11-13-15-16-17-18-19-21-23-25-27-29-31-37(41)39-35(34-45-46(42,43)44-33-32-38)36(40)30-28-26-24-22-20-14-12-10-8-6-4-2/h17-18,20,22,28,30,35-36,40H,3-16,19,21,23-27,29,31-34,38H2,1-2H3,(H,39,41)(H,42,43)/b18-17-,22-20+,30-28+. The molecule has 0 aromatic rings. The number of phosphoric acid groups is 1. The van der Waals surface area contributed by atoms with E-state index in [1.54, 1.807) is 6.08 Å². The van der Waals surface area contributed by atoms with Crippen molar-refractivity contribution in [2.24, 2.45) is 5.73 Å². The Labute approximate surface area is 282 Å². The molecule has 0 heterocycles. The maximum Gasteiger partial charge on any atom is 0.472 e. The summed E-state index contributed by atoms with van der Waals surface area (Å²) < 4.78 is 22.0. The predicted octanol–water partition coefficient (Wildman–Crippen LogP) is 9.61. The lowest BCUT2D eigenvalue weighted by Crippen LogP contribution is -2.45. The van der Waals surface area contributed by atoms with Crippen molar-refractivity contribution in [3.63, 3.8) is 0 Å². The second kappa shape index (κ2) is 33.6. The molecular weight excluding hydrogens is 599 g/mol. The highest BCUT2D eigenvalue weighted by atomic mass is 31.2. The first-order valence-electron chi connectivity index (χ1n) is 18.6. The summed E-state index contributed by atoms with van der Waals surface area (Å²) in [5, 5.41) is 13.5. The molecule has 46 heavy (non-hydrogen) atoms. The van der Waals surface area contributed by atoms with E-state index in [4.69, 9.17) is 14.8 Å². The van der Waals surface area contributed by atoms with E-state index in [0.717, 1.165) is 51.4 Å². The maximum absolute atomic E-state index is 12.7. The van der Waals surface area contributed by atoms with Gasteiger partial charge in [0.1, 0.15) is 0 Å². The molecule has 0 aromatic heterocycles. The van der Waals surface area contributed by atoms with Gasteiger partial charge in [0.05, 0.1) is 25.4 Å². The van der Waals surface area contributed by atoms with Crippen LogP contribution >= 0.6 is 7.82 Å². The van der Waals surface area contributed by atoms with Gasteiger partial charge in [-0.3, -0.25) is 13.8 Å². The van der Waals surface area contributed by atoms with Crippen molar-refractivity contribution in [2.45, 2.75) is 174 Å². The first kappa shape index (κ1) is 44.7. The molecule has 0 spiro atoms. The Morgan fingerprint density at radius 3 is 1.67 bits per heavy atom. The third-order valence-electron chi connectivity index (χ3n) is 7.94. The molecule has 0 aliphatic rings. The minimum atomic E-state index is -4.34. The Bertz CT molecular complexity index is 820. The summed E-state index contributed by atoms with van der Waals surface area (Å²) in [6, 6.07) is -0.878. The zero-order chi connectivity index (χ0) is 34.0. The largest absolute Gasteiger partial charge is 0.472 e. The number of hydrogen-bond donors (Lipinski definition) is 4. The number of nitrogens with one attached hydrogen (secondary N) is 1. The van der Waals surface area contributed by atoms with Gasteiger partial charge in [-0.1, -0.05) is 134 Å². The molecule has 0 aromatic carbocycles. The molecule has 9 heteroatoms. The summed E-state index contributed by atoms with van der Waals surface area (Å²) >= 11 is 0. The van der Waals surface area contributed by atoms with Gasteiger partial charge in [-0.25, -0.2) is 4.57 Å². The van der Waals surface area contributed by atoms with E-state index in [0.29, 0.717) is 6.42 Å². The molecule has 0 aliphatic carbocycles. The van der Waals surface area contributed by atoms with Crippen LogP contribution in [0.25, 0.3) is 0 Å². The quantitative estimate of drug-likeness (QED) is 0.0305. The van der Waals surface area contributed by atoms with Crippen molar-refractivity contribution >= 4 is 13.7 Å². The lowest BCUT2D eigenvalue weighted by Gasteiger charge is -2.23. The summed E-state index contributed by atoms with van der Waals surface area (Å²) in [6.07, 6.45) is 37.6. The van der Waals surface area contributed by atoms with Crippen LogP contribution in [0.15, 0.2) is 36.5 Å². The zero-order valence-corrected chi connectivity index (χ0v) is 30.4. The fraction of sp³-hybridized carbons (Fsp3) is 0.811. The molecule has 0 fully saturated rings. The smallest absolute Gasteiger partial charge is 0.387 e. The average Bonchev–Trinajstić information content (AvgIpc) is 3.04.